The third-order valence-corrected chi connectivity index (χ3v) is 2.92. The largest absolute Gasteiger partial charge is 0.416 e. The highest BCUT2D eigenvalue weighted by Crippen LogP contribution is 2.31. The Bertz CT molecular complexity index is 592. The maximum atomic E-state index is 13.1. The predicted octanol–water partition coefficient (Wildman–Crippen LogP) is 5.02. The number of anilines is 1. The molecule has 0 bridgehead atoms. The molecular weight excluding hydrogens is 270 g/mol. The first-order valence-electron chi connectivity index (χ1n) is 6.05. The fourth-order valence-corrected chi connectivity index (χ4v) is 1.89. The fraction of sp³-hybridized carbons (Fsp3) is 0.200. The zero-order valence-electron chi connectivity index (χ0n) is 10.7. The average Bonchev–Trinajstić information content (AvgIpc) is 2.38. The maximum Gasteiger partial charge on any atom is 0.416 e. The van der Waals surface area contributed by atoms with Crippen LogP contribution in [0.4, 0.5) is 23.2 Å². The number of alkyl halides is 3. The zero-order valence-corrected chi connectivity index (χ0v) is 10.7. The molecule has 0 aromatic heterocycles. The van der Waals surface area contributed by atoms with E-state index in [-0.39, 0.29) is 11.9 Å². The minimum atomic E-state index is -4.38. The molecule has 0 aliphatic rings. The van der Waals surface area contributed by atoms with Crippen LogP contribution in [0.3, 0.4) is 0 Å². The Morgan fingerprint density at radius 3 is 2.35 bits per heavy atom. The first-order chi connectivity index (χ1) is 9.36. The van der Waals surface area contributed by atoms with Crippen LogP contribution in [0.5, 0.6) is 0 Å². The summed E-state index contributed by atoms with van der Waals surface area (Å²) < 4.78 is 50.9. The second-order valence-electron chi connectivity index (χ2n) is 4.50. The Hall–Kier alpha value is -2.04. The van der Waals surface area contributed by atoms with Crippen LogP contribution >= 0.6 is 0 Å². The van der Waals surface area contributed by atoms with Crippen molar-refractivity contribution in [1.29, 1.82) is 0 Å². The molecule has 5 heteroatoms. The van der Waals surface area contributed by atoms with Gasteiger partial charge >= 0.3 is 6.18 Å². The number of hydrogen-bond acceptors (Lipinski definition) is 1. The van der Waals surface area contributed by atoms with Crippen molar-refractivity contribution < 1.29 is 17.6 Å². The lowest BCUT2D eigenvalue weighted by Crippen LogP contribution is -2.09. The van der Waals surface area contributed by atoms with Crippen molar-refractivity contribution in [2.75, 3.05) is 5.32 Å². The summed E-state index contributed by atoms with van der Waals surface area (Å²) in [6, 6.07) is 10.6. The smallest absolute Gasteiger partial charge is 0.379 e. The molecule has 1 atom stereocenters. The van der Waals surface area contributed by atoms with E-state index in [1.807, 2.05) is 0 Å². The van der Waals surface area contributed by atoms with E-state index >= 15 is 0 Å². The van der Waals surface area contributed by atoms with Gasteiger partial charge in [0.05, 0.1) is 5.56 Å². The van der Waals surface area contributed by atoms with Crippen molar-refractivity contribution >= 4 is 5.69 Å². The van der Waals surface area contributed by atoms with Crippen molar-refractivity contribution in [3.8, 4) is 0 Å². The van der Waals surface area contributed by atoms with E-state index in [2.05, 4.69) is 5.32 Å². The third-order valence-electron chi connectivity index (χ3n) is 2.92. The van der Waals surface area contributed by atoms with E-state index in [0.29, 0.717) is 11.3 Å². The average molecular weight is 283 g/mol. The van der Waals surface area contributed by atoms with Crippen LogP contribution in [0.15, 0.2) is 48.5 Å². The fourth-order valence-electron chi connectivity index (χ4n) is 1.89. The van der Waals surface area contributed by atoms with Gasteiger partial charge in [-0.25, -0.2) is 4.39 Å². The van der Waals surface area contributed by atoms with Gasteiger partial charge in [-0.1, -0.05) is 18.2 Å². The minimum absolute atomic E-state index is 0.297. The second-order valence-corrected chi connectivity index (χ2v) is 4.50. The van der Waals surface area contributed by atoms with Crippen LogP contribution in [-0.2, 0) is 6.18 Å². The maximum absolute atomic E-state index is 13.1. The lowest BCUT2D eigenvalue weighted by molar-refractivity contribution is -0.137. The zero-order chi connectivity index (χ0) is 14.8. The molecule has 0 fully saturated rings. The normalized spacial score (nSPS) is 13.1. The molecule has 2 aromatic carbocycles. The molecule has 106 valence electrons. The molecule has 0 heterocycles. The molecule has 0 aliphatic heterocycles. The number of hydrogen-bond donors (Lipinski definition) is 1. The van der Waals surface area contributed by atoms with Crippen LogP contribution in [0, 0.1) is 5.82 Å². The van der Waals surface area contributed by atoms with E-state index in [1.54, 1.807) is 25.1 Å². The van der Waals surface area contributed by atoms with E-state index < -0.39 is 11.7 Å². The second kappa shape index (κ2) is 5.53. The van der Waals surface area contributed by atoms with Crippen LogP contribution in [0.25, 0.3) is 0 Å². The summed E-state index contributed by atoms with van der Waals surface area (Å²) in [5.41, 5.74) is 0.299. The van der Waals surface area contributed by atoms with E-state index in [9.17, 15) is 17.6 Å². The van der Waals surface area contributed by atoms with E-state index in [1.165, 1.54) is 18.2 Å². The molecule has 2 rings (SSSR count). The molecule has 0 saturated carbocycles. The minimum Gasteiger partial charge on any atom is -0.379 e. The van der Waals surface area contributed by atoms with Gasteiger partial charge in [-0.05, 0) is 42.8 Å². The molecule has 1 unspecified atom stereocenters. The molecular formula is C15H13F4N. The highest BCUT2D eigenvalue weighted by atomic mass is 19.4. The van der Waals surface area contributed by atoms with Gasteiger partial charge in [0.2, 0.25) is 0 Å². The van der Waals surface area contributed by atoms with Crippen molar-refractivity contribution in [2.24, 2.45) is 0 Å². The lowest BCUT2D eigenvalue weighted by atomic mass is 10.1. The van der Waals surface area contributed by atoms with Crippen LogP contribution in [0.1, 0.15) is 24.1 Å². The van der Waals surface area contributed by atoms with Gasteiger partial charge in [0.15, 0.2) is 0 Å². The Kier molecular flexibility index (Phi) is 3.97. The van der Waals surface area contributed by atoms with Gasteiger partial charge in [-0.15, -0.1) is 0 Å². The van der Waals surface area contributed by atoms with Crippen molar-refractivity contribution in [1.82, 2.24) is 0 Å². The van der Waals surface area contributed by atoms with Crippen LogP contribution < -0.4 is 5.32 Å². The summed E-state index contributed by atoms with van der Waals surface area (Å²) in [6.45, 7) is 1.76. The van der Waals surface area contributed by atoms with Gasteiger partial charge in [-0.2, -0.15) is 13.2 Å². The molecule has 0 radical (unpaired) electrons. The summed E-state index contributed by atoms with van der Waals surface area (Å²) in [5, 5.41) is 2.93. The number of halogens is 4. The standard InChI is InChI=1S/C15H13F4N/c1-10(11-4-2-6-13(16)8-11)20-14-7-3-5-12(9-14)15(17,18)19/h2-10,20H,1H3. The van der Waals surface area contributed by atoms with Crippen LogP contribution in [-0.4, -0.2) is 0 Å². The Labute approximate surface area is 114 Å². The molecule has 0 saturated heterocycles. The number of nitrogens with one attached hydrogen (secondary N) is 1. The molecule has 1 nitrogen and oxygen atoms in total. The van der Waals surface area contributed by atoms with Crippen molar-refractivity contribution in [3.05, 3.63) is 65.5 Å². The molecule has 2 aromatic rings. The van der Waals surface area contributed by atoms with E-state index in [4.69, 9.17) is 0 Å². The lowest BCUT2D eigenvalue weighted by Gasteiger charge is -2.17. The first kappa shape index (κ1) is 14.4. The molecule has 20 heavy (non-hydrogen) atoms. The van der Waals surface area contributed by atoms with Gasteiger partial charge < -0.3 is 5.32 Å². The van der Waals surface area contributed by atoms with Crippen molar-refractivity contribution in [2.45, 2.75) is 19.1 Å². The van der Waals surface area contributed by atoms with Gasteiger partial charge in [0, 0.05) is 11.7 Å². The SMILES string of the molecule is CC(Nc1cccc(C(F)(F)F)c1)c1cccc(F)c1. The van der Waals surface area contributed by atoms with Gasteiger partial charge in [-0.3, -0.25) is 0 Å². The Balaban J connectivity index is 2.18. The van der Waals surface area contributed by atoms with Crippen LogP contribution in [0.2, 0.25) is 0 Å². The van der Waals surface area contributed by atoms with E-state index in [0.717, 1.165) is 12.1 Å². The third kappa shape index (κ3) is 3.50. The van der Waals surface area contributed by atoms with Gasteiger partial charge in [0.1, 0.15) is 5.82 Å². The summed E-state index contributed by atoms with van der Waals surface area (Å²) >= 11 is 0. The predicted molar refractivity (Wildman–Crippen MR) is 69.9 cm³/mol. The summed E-state index contributed by atoms with van der Waals surface area (Å²) in [5.74, 6) is -0.375. The summed E-state index contributed by atoms with van der Waals surface area (Å²) in [6.07, 6.45) is -4.38. The number of benzene rings is 2. The number of rotatable bonds is 3. The summed E-state index contributed by atoms with van der Waals surface area (Å²) in [4.78, 5) is 0. The quantitative estimate of drug-likeness (QED) is 0.780. The highest BCUT2D eigenvalue weighted by Gasteiger charge is 2.30. The molecule has 0 aliphatic carbocycles. The monoisotopic (exact) mass is 283 g/mol. The van der Waals surface area contributed by atoms with Crippen molar-refractivity contribution in [3.63, 3.8) is 0 Å². The molecule has 1 N–H and O–H groups in total. The summed E-state index contributed by atoms with van der Waals surface area (Å²) in [7, 11) is 0. The molecule has 0 amide bonds. The van der Waals surface area contributed by atoms with Gasteiger partial charge in [0.25, 0.3) is 0 Å². The molecule has 0 spiro atoms. The Morgan fingerprint density at radius 1 is 1.00 bits per heavy atom. The topological polar surface area (TPSA) is 12.0 Å². The first-order valence-corrected chi connectivity index (χ1v) is 6.05. The highest BCUT2D eigenvalue weighted by molar-refractivity contribution is 5.48. The Morgan fingerprint density at radius 2 is 1.70 bits per heavy atom.